The SMILES string of the molecule is CCS(=O)(=O)c1ccc(CC(=O)Nc2c3c(nn2-c2ccccc2)CCC3)cc1. The maximum absolute atomic E-state index is 12.7. The number of hydrogen-bond acceptors (Lipinski definition) is 4. The minimum Gasteiger partial charge on any atom is -0.310 e. The van der Waals surface area contributed by atoms with E-state index in [1.54, 1.807) is 35.9 Å². The Morgan fingerprint density at radius 3 is 2.48 bits per heavy atom. The summed E-state index contributed by atoms with van der Waals surface area (Å²) in [5, 5.41) is 7.74. The Morgan fingerprint density at radius 2 is 1.79 bits per heavy atom. The summed E-state index contributed by atoms with van der Waals surface area (Å²) in [6.07, 6.45) is 3.04. The van der Waals surface area contributed by atoms with Gasteiger partial charge in [-0.25, -0.2) is 13.1 Å². The van der Waals surface area contributed by atoms with Crippen molar-refractivity contribution < 1.29 is 13.2 Å². The fourth-order valence-electron chi connectivity index (χ4n) is 3.62. The van der Waals surface area contributed by atoms with E-state index in [0.717, 1.165) is 47.6 Å². The number of fused-ring (bicyclic) bond motifs is 1. The molecule has 1 aliphatic carbocycles. The predicted octanol–water partition coefficient (Wildman–Crippen LogP) is 3.34. The Labute approximate surface area is 170 Å². The molecular weight excluding hydrogens is 386 g/mol. The van der Waals surface area contributed by atoms with Crippen LogP contribution < -0.4 is 5.32 Å². The smallest absolute Gasteiger partial charge is 0.229 e. The van der Waals surface area contributed by atoms with E-state index in [2.05, 4.69) is 5.32 Å². The number of hydrogen-bond donors (Lipinski definition) is 1. The number of nitrogens with zero attached hydrogens (tertiary/aromatic N) is 2. The molecule has 7 heteroatoms. The van der Waals surface area contributed by atoms with E-state index in [1.807, 2.05) is 30.3 Å². The lowest BCUT2D eigenvalue weighted by atomic mass is 10.1. The maximum atomic E-state index is 12.7. The largest absolute Gasteiger partial charge is 0.310 e. The number of sulfone groups is 1. The van der Waals surface area contributed by atoms with Crippen molar-refractivity contribution in [3.63, 3.8) is 0 Å². The summed E-state index contributed by atoms with van der Waals surface area (Å²) in [5.74, 6) is 0.642. The summed E-state index contributed by atoms with van der Waals surface area (Å²) in [6, 6.07) is 16.3. The van der Waals surface area contributed by atoms with Crippen molar-refractivity contribution in [3.05, 3.63) is 71.4 Å². The van der Waals surface area contributed by atoms with E-state index in [4.69, 9.17) is 5.10 Å². The lowest BCUT2D eigenvalue weighted by molar-refractivity contribution is -0.115. The molecule has 4 rings (SSSR count). The fourth-order valence-corrected chi connectivity index (χ4v) is 4.50. The van der Waals surface area contributed by atoms with E-state index >= 15 is 0 Å². The molecule has 6 nitrogen and oxygen atoms in total. The van der Waals surface area contributed by atoms with Gasteiger partial charge in [-0.1, -0.05) is 37.3 Å². The quantitative estimate of drug-likeness (QED) is 0.677. The van der Waals surface area contributed by atoms with Crippen LogP contribution >= 0.6 is 0 Å². The summed E-state index contributed by atoms with van der Waals surface area (Å²) in [5.41, 5.74) is 3.82. The zero-order chi connectivity index (χ0) is 20.4. The van der Waals surface area contributed by atoms with Gasteiger partial charge in [0.1, 0.15) is 5.82 Å². The highest BCUT2D eigenvalue weighted by atomic mass is 32.2. The van der Waals surface area contributed by atoms with Gasteiger partial charge < -0.3 is 5.32 Å². The molecule has 1 amide bonds. The molecule has 1 N–H and O–H groups in total. The second kappa shape index (κ2) is 7.83. The van der Waals surface area contributed by atoms with Gasteiger partial charge in [-0.05, 0) is 49.1 Å². The van der Waals surface area contributed by atoms with Crippen LogP contribution in [0, 0.1) is 0 Å². The third-order valence-electron chi connectivity index (χ3n) is 5.19. The molecule has 150 valence electrons. The molecular formula is C22H23N3O3S. The zero-order valence-corrected chi connectivity index (χ0v) is 17.1. The van der Waals surface area contributed by atoms with Gasteiger partial charge in [0, 0.05) is 5.56 Å². The maximum Gasteiger partial charge on any atom is 0.229 e. The predicted molar refractivity (Wildman–Crippen MR) is 112 cm³/mol. The molecule has 0 saturated heterocycles. The van der Waals surface area contributed by atoms with Crippen molar-refractivity contribution in [2.24, 2.45) is 0 Å². The summed E-state index contributed by atoms with van der Waals surface area (Å²) >= 11 is 0. The first-order chi connectivity index (χ1) is 14.0. The van der Waals surface area contributed by atoms with Crippen molar-refractivity contribution in [2.75, 3.05) is 11.1 Å². The minimum absolute atomic E-state index is 0.0570. The van der Waals surface area contributed by atoms with Gasteiger partial charge in [-0.15, -0.1) is 0 Å². The second-order valence-corrected chi connectivity index (χ2v) is 9.43. The third kappa shape index (κ3) is 3.96. The topological polar surface area (TPSA) is 81.1 Å². The number of carbonyl (C=O) groups excluding carboxylic acids is 1. The fraction of sp³-hybridized carbons (Fsp3) is 0.273. The molecule has 1 heterocycles. The highest BCUT2D eigenvalue weighted by Crippen LogP contribution is 2.31. The molecule has 2 aromatic carbocycles. The minimum atomic E-state index is -3.24. The first-order valence-corrected chi connectivity index (χ1v) is 11.4. The van der Waals surface area contributed by atoms with Crippen LogP contribution in [0.1, 0.15) is 30.2 Å². The lowest BCUT2D eigenvalue weighted by Crippen LogP contribution is -2.18. The van der Waals surface area contributed by atoms with Crippen molar-refractivity contribution in [3.8, 4) is 5.69 Å². The summed E-state index contributed by atoms with van der Waals surface area (Å²) in [6.45, 7) is 1.62. The number of rotatable bonds is 6. The highest BCUT2D eigenvalue weighted by molar-refractivity contribution is 7.91. The van der Waals surface area contributed by atoms with Crippen molar-refractivity contribution in [1.29, 1.82) is 0 Å². The van der Waals surface area contributed by atoms with Crippen molar-refractivity contribution >= 4 is 21.6 Å². The van der Waals surface area contributed by atoms with Crippen LogP contribution in [-0.4, -0.2) is 29.9 Å². The average molecular weight is 410 g/mol. The monoisotopic (exact) mass is 409 g/mol. The van der Waals surface area contributed by atoms with Crippen LogP contribution in [0.5, 0.6) is 0 Å². The molecule has 29 heavy (non-hydrogen) atoms. The Balaban J connectivity index is 1.55. The molecule has 1 aliphatic rings. The van der Waals surface area contributed by atoms with Crippen molar-refractivity contribution in [1.82, 2.24) is 9.78 Å². The zero-order valence-electron chi connectivity index (χ0n) is 16.3. The molecule has 1 aromatic heterocycles. The Hall–Kier alpha value is -2.93. The van der Waals surface area contributed by atoms with Gasteiger partial charge in [-0.2, -0.15) is 5.10 Å². The van der Waals surface area contributed by atoms with Gasteiger partial charge >= 0.3 is 0 Å². The van der Waals surface area contributed by atoms with Gasteiger partial charge in [0.2, 0.25) is 5.91 Å². The van der Waals surface area contributed by atoms with Crippen LogP contribution in [-0.2, 0) is 33.9 Å². The Morgan fingerprint density at radius 1 is 1.07 bits per heavy atom. The van der Waals surface area contributed by atoms with Gasteiger partial charge in [0.25, 0.3) is 0 Å². The third-order valence-corrected chi connectivity index (χ3v) is 6.94. The van der Waals surface area contributed by atoms with Crippen LogP contribution in [0.3, 0.4) is 0 Å². The van der Waals surface area contributed by atoms with Crippen LogP contribution in [0.2, 0.25) is 0 Å². The number of amides is 1. The molecule has 0 radical (unpaired) electrons. The standard InChI is InChI=1S/C22H23N3O3S/c1-2-29(27,28)18-13-11-16(12-14-18)15-21(26)23-22-19-9-6-10-20(19)24-25(22)17-7-4-3-5-8-17/h3-5,7-8,11-14H,2,6,9-10,15H2,1H3,(H,23,26). The van der Waals surface area contributed by atoms with Gasteiger partial charge in [0.15, 0.2) is 9.84 Å². The molecule has 0 atom stereocenters. The summed E-state index contributed by atoms with van der Waals surface area (Å²) < 4.78 is 25.7. The highest BCUT2D eigenvalue weighted by Gasteiger charge is 2.24. The molecule has 0 saturated carbocycles. The first kappa shape index (κ1) is 19.4. The average Bonchev–Trinajstić information content (AvgIpc) is 3.32. The first-order valence-electron chi connectivity index (χ1n) is 9.75. The molecule has 3 aromatic rings. The van der Waals surface area contributed by atoms with Crippen LogP contribution in [0.15, 0.2) is 59.5 Å². The van der Waals surface area contributed by atoms with E-state index < -0.39 is 9.84 Å². The van der Waals surface area contributed by atoms with E-state index in [-0.39, 0.29) is 23.0 Å². The Bertz CT molecular complexity index is 1130. The normalized spacial score (nSPS) is 13.3. The van der Waals surface area contributed by atoms with Gasteiger partial charge in [0.05, 0.1) is 28.5 Å². The number of aromatic nitrogens is 2. The number of carbonyl (C=O) groups is 1. The molecule has 0 fully saturated rings. The van der Waals surface area contributed by atoms with E-state index in [1.165, 1.54) is 0 Å². The number of nitrogens with one attached hydrogen (secondary N) is 1. The van der Waals surface area contributed by atoms with E-state index in [9.17, 15) is 13.2 Å². The molecule has 0 bridgehead atoms. The number of benzene rings is 2. The molecule has 0 unspecified atom stereocenters. The van der Waals surface area contributed by atoms with Gasteiger partial charge in [-0.3, -0.25) is 4.79 Å². The lowest BCUT2D eigenvalue weighted by Gasteiger charge is -2.11. The second-order valence-electron chi connectivity index (χ2n) is 7.15. The van der Waals surface area contributed by atoms with Crippen molar-refractivity contribution in [2.45, 2.75) is 37.5 Å². The number of aryl methyl sites for hydroxylation is 1. The molecule has 0 spiro atoms. The summed E-state index contributed by atoms with van der Waals surface area (Å²) in [4.78, 5) is 13.0. The van der Waals surface area contributed by atoms with Crippen LogP contribution in [0.4, 0.5) is 5.82 Å². The van der Waals surface area contributed by atoms with E-state index in [0.29, 0.717) is 0 Å². The number of para-hydroxylation sites is 1. The van der Waals surface area contributed by atoms with Crippen LogP contribution in [0.25, 0.3) is 5.69 Å². The summed E-state index contributed by atoms with van der Waals surface area (Å²) in [7, 11) is -3.24. The molecule has 0 aliphatic heterocycles. The number of anilines is 1. The Kier molecular flexibility index (Phi) is 5.24.